The average Bonchev–Trinajstić information content (AvgIpc) is 2.30. The molecule has 6 heteroatoms. The third kappa shape index (κ3) is 2.81. The van der Waals surface area contributed by atoms with Crippen molar-refractivity contribution in [2.24, 2.45) is 0 Å². The molecular weight excluding hydrogens is 234 g/mol. The van der Waals surface area contributed by atoms with Gasteiger partial charge in [0.2, 0.25) is 11.8 Å². The zero-order valence-corrected chi connectivity index (χ0v) is 10.9. The molecule has 0 aliphatic carbocycles. The number of hydrogen-bond donors (Lipinski definition) is 1. The van der Waals surface area contributed by atoms with Crippen molar-refractivity contribution in [1.29, 1.82) is 0 Å². The molecule has 0 aromatic carbocycles. The quantitative estimate of drug-likeness (QED) is 0.877. The zero-order chi connectivity index (χ0) is 13.1. The summed E-state index contributed by atoms with van der Waals surface area (Å²) in [6, 6.07) is 0. The Bertz CT molecular complexity index is 404. The summed E-state index contributed by atoms with van der Waals surface area (Å²) < 4.78 is 16.5. The summed E-state index contributed by atoms with van der Waals surface area (Å²) in [5.74, 6) is 0.723. The molecular formula is C12H19N3O3. The molecule has 6 nitrogen and oxygen atoms in total. The highest BCUT2D eigenvalue weighted by Gasteiger charge is 2.27. The third-order valence-corrected chi connectivity index (χ3v) is 2.94. The van der Waals surface area contributed by atoms with Gasteiger partial charge in [-0.15, -0.1) is 0 Å². The maximum absolute atomic E-state index is 5.87. The summed E-state index contributed by atoms with van der Waals surface area (Å²) in [5.41, 5.74) is 6.21. The molecule has 0 saturated carbocycles. The van der Waals surface area contributed by atoms with Crippen LogP contribution in [-0.2, 0) is 4.74 Å². The molecule has 2 atom stereocenters. The number of rotatable bonds is 3. The van der Waals surface area contributed by atoms with E-state index in [4.69, 9.17) is 19.9 Å². The van der Waals surface area contributed by atoms with Crippen molar-refractivity contribution >= 4 is 5.69 Å². The number of ether oxygens (including phenoxy) is 3. The summed E-state index contributed by atoms with van der Waals surface area (Å²) in [7, 11) is 1.51. The van der Waals surface area contributed by atoms with Gasteiger partial charge in [-0.2, -0.15) is 9.97 Å². The minimum atomic E-state index is 0.0608. The normalized spacial score (nSPS) is 27.8. The van der Waals surface area contributed by atoms with Gasteiger partial charge in [-0.25, -0.2) is 0 Å². The van der Waals surface area contributed by atoms with Crippen LogP contribution in [0.15, 0.2) is 6.33 Å². The van der Waals surface area contributed by atoms with Crippen LogP contribution in [0.5, 0.6) is 11.8 Å². The number of hydrogen-bond acceptors (Lipinski definition) is 6. The summed E-state index contributed by atoms with van der Waals surface area (Å²) in [6.07, 6.45) is 3.47. The first kappa shape index (κ1) is 12.9. The van der Waals surface area contributed by atoms with E-state index in [0.29, 0.717) is 17.4 Å². The Labute approximate surface area is 106 Å². The molecule has 1 aliphatic rings. The molecule has 1 fully saturated rings. The predicted octanol–water partition coefficient (Wildman–Crippen LogP) is 1.40. The molecule has 1 aromatic rings. The predicted molar refractivity (Wildman–Crippen MR) is 66.7 cm³/mol. The lowest BCUT2D eigenvalue weighted by Gasteiger charge is -2.32. The van der Waals surface area contributed by atoms with Gasteiger partial charge in [0.15, 0.2) is 5.69 Å². The molecule has 100 valence electrons. The van der Waals surface area contributed by atoms with Crippen molar-refractivity contribution in [1.82, 2.24) is 9.97 Å². The van der Waals surface area contributed by atoms with E-state index in [-0.39, 0.29) is 18.3 Å². The lowest BCUT2D eigenvalue weighted by molar-refractivity contribution is -0.0728. The van der Waals surface area contributed by atoms with Gasteiger partial charge in [0.25, 0.3) is 0 Å². The highest BCUT2D eigenvalue weighted by Crippen LogP contribution is 2.30. The second-order valence-electron chi connectivity index (χ2n) is 4.57. The maximum Gasteiger partial charge on any atom is 0.244 e. The molecule has 2 rings (SSSR count). The van der Waals surface area contributed by atoms with Crippen molar-refractivity contribution in [2.45, 2.75) is 45.0 Å². The number of anilines is 1. The van der Waals surface area contributed by atoms with Gasteiger partial charge in [0, 0.05) is 12.8 Å². The molecule has 0 radical (unpaired) electrons. The van der Waals surface area contributed by atoms with Crippen molar-refractivity contribution in [3.05, 3.63) is 6.33 Å². The van der Waals surface area contributed by atoms with E-state index < -0.39 is 0 Å². The molecule has 1 aliphatic heterocycles. The first-order valence-electron chi connectivity index (χ1n) is 6.06. The minimum absolute atomic E-state index is 0.0608. The number of aromatic nitrogens is 2. The van der Waals surface area contributed by atoms with Crippen LogP contribution in [-0.4, -0.2) is 35.4 Å². The molecule has 1 aromatic heterocycles. The van der Waals surface area contributed by atoms with E-state index in [2.05, 4.69) is 9.97 Å². The van der Waals surface area contributed by atoms with Crippen molar-refractivity contribution in [3.63, 3.8) is 0 Å². The molecule has 0 spiro atoms. The summed E-state index contributed by atoms with van der Waals surface area (Å²) >= 11 is 0. The second-order valence-corrected chi connectivity index (χ2v) is 4.57. The van der Waals surface area contributed by atoms with E-state index in [1.54, 1.807) is 0 Å². The monoisotopic (exact) mass is 253 g/mol. The molecule has 1 saturated heterocycles. The van der Waals surface area contributed by atoms with Gasteiger partial charge in [0.05, 0.1) is 19.3 Å². The van der Waals surface area contributed by atoms with Crippen LogP contribution in [0.4, 0.5) is 5.69 Å². The molecule has 18 heavy (non-hydrogen) atoms. The van der Waals surface area contributed by atoms with Crippen LogP contribution < -0.4 is 15.2 Å². The summed E-state index contributed by atoms with van der Waals surface area (Å²) in [6.45, 7) is 4.08. The lowest BCUT2D eigenvalue weighted by atomic mass is 10.0. The van der Waals surface area contributed by atoms with Gasteiger partial charge >= 0.3 is 0 Å². The van der Waals surface area contributed by atoms with Crippen LogP contribution in [0, 0.1) is 0 Å². The van der Waals surface area contributed by atoms with Crippen LogP contribution in [0.2, 0.25) is 0 Å². The maximum atomic E-state index is 5.87. The first-order chi connectivity index (χ1) is 8.60. The second kappa shape index (κ2) is 5.39. The topological polar surface area (TPSA) is 79.5 Å². The zero-order valence-electron chi connectivity index (χ0n) is 10.9. The molecule has 2 unspecified atom stereocenters. The Morgan fingerprint density at radius 1 is 1.22 bits per heavy atom. The minimum Gasteiger partial charge on any atom is -0.479 e. The number of nitrogens with two attached hydrogens (primary N) is 1. The standard InChI is InChI=1S/C12H19N3O3/c1-7-4-9(5-8(2)17-7)18-12-10(13)11(16-3)14-6-15-12/h6-9H,4-5,13H2,1-3H3. The fourth-order valence-corrected chi connectivity index (χ4v) is 2.22. The Balaban J connectivity index is 2.09. The SMILES string of the molecule is COc1ncnc(OC2CC(C)OC(C)C2)c1N. The van der Waals surface area contributed by atoms with Gasteiger partial charge in [-0.05, 0) is 13.8 Å². The Hall–Kier alpha value is -1.56. The van der Waals surface area contributed by atoms with Crippen LogP contribution in [0.3, 0.4) is 0 Å². The van der Waals surface area contributed by atoms with Gasteiger partial charge < -0.3 is 19.9 Å². The third-order valence-electron chi connectivity index (χ3n) is 2.94. The van der Waals surface area contributed by atoms with E-state index >= 15 is 0 Å². The van der Waals surface area contributed by atoms with E-state index in [1.807, 2.05) is 13.8 Å². The highest BCUT2D eigenvalue weighted by atomic mass is 16.5. The van der Waals surface area contributed by atoms with Crippen LogP contribution in [0.1, 0.15) is 26.7 Å². The Kier molecular flexibility index (Phi) is 3.86. The van der Waals surface area contributed by atoms with Gasteiger partial charge in [0.1, 0.15) is 12.4 Å². The fourth-order valence-electron chi connectivity index (χ4n) is 2.22. The van der Waals surface area contributed by atoms with Crippen molar-refractivity contribution in [3.8, 4) is 11.8 Å². The largest absolute Gasteiger partial charge is 0.479 e. The van der Waals surface area contributed by atoms with Gasteiger partial charge in [-0.3, -0.25) is 0 Å². The smallest absolute Gasteiger partial charge is 0.244 e. The van der Waals surface area contributed by atoms with E-state index in [9.17, 15) is 0 Å². The van der Waals surface area contributed by atoms with Crippen molar-refractivity contribution in [2.75, 3.05) is 12.8 Å². The number of nitrogens with zero attached hydrogens (tertiary/aromatic N) is 2. The fraction of sp³-hybridized carbons (Fsp3) is 0.667. The van der Waals surface area contributed by atoms with Crippen LogP contribution in [0.25, 0.3) is 0 Å². The molecule has 0 bridgehead atoms. The summed E-state index contributed by atoms with van der Waals surface area (Å²) in [5, 5.41) is 0. The first-order valence-corrected chi connectivity index (χ1v) is 6.06. The number of nitrogen functional groups attached to an aromatic ring is 1. The molecule has 2 N–H and O–H groups in total. The molecule has 2 heterocycles. The van der Waals surface area contributed by atoms with Gasteiger partial charge in [-0.1, -0.05) is 0 Å². The Morgan fingerprint density at radius 2 is 1.83 bits per heavy atom. The summed E-state index contributed by atoms with van der Waals surface area (Å²) in [4.78, 5) is 7.97. The molecule has 0 amide bonds. The lowest BCUT2D eigenvalue weighted by Crippen LogP contribution is -2.36. The number of methoxy groups -OCH3 is 1. The Morgan fingerprint density at radius 3 is 2.44 bits per heavy atom. The van der Waals surface area contributed by atoms with Crippen LogP contribution >= 0.6 is 0 Å². The van der Waals surface area contributed by atoms with E-state index in [0.717, 1.165) is 12.8 Å². The average molecular weight is 253 g/mol. The highest BCUT2D eigenvalue weighted by molar-refractivity contribution is 5.55. The van der Waals surface area contributed by atoms with E-state index in [1.165, 1.54) is 13.4 Å². The van der Waals surface area contributed by atoms with Crippen molar-refractivity contribution < 1.29 is 14.2 Å².